The Kier molecular flexibility index (Phi) is 4.70. The molecule has 0 radical (unpaired) electrons. The molecular weight excluding hydrogens is 308 g/mol. The second-order valence-corrected chi connectivity index (χ2v) is 6.92. The second-order valence-electron chi connectivity index (χ2n) is 5.01. The monoisotopic (exact) mass is 326 g/mol. The molecule has 2 rings (SSSR count). The van der Waals surface area contributed by atoms with Gasteiger partial charge in [0.2, 0.25) is 15.9 Å². The van der Waals surface area contributed by atoms with Crippen LogP contribution in [0.3, 0.4) is 0 Å². The Bertz CT molecular complexity index is 686. The van der Waals surface area contributed by atoms with E-state index in [1.54, 1.807) is 29.2 Å². The highest BCUT2D eigenvalue weighted by Gasteiger charge is 2.25. The molecule has 7 nitrogen and oxygen atoms in total. The maximum atomic E-state index is 11.9. The summed E-state index contributed by atoms with van der Waals surface area (Å²) < 4.78 is 29.3. The lowest BCUT2D eigenvalue weighted by atomic mass is 10.2. The molecule has 0 aromatic heterocycles. The van der Waals surface area contributed by atoms with Crippen LogP contribution in [-0.4, -0.2) is 46.7 Å². The van der Waals surface area contributed by atoms with Gasteiger partial charge in [0.25, 0.3) is 0 Å². The normalized spacial score (nSPS) is 15.0. The minimum absolute atomic E-state index is 0.0102. The van der Waals surface area contributed by atoms with Gasteiger partial charge < -0.3 is 9.64 Å². The molecule has 0 unspecified atom stereocenters. The van der Waals surface area contributed by atoms with Crippen molar-refractivity contribution in [3.63, 3.8) is 0 Å². The zero-order chi connectivity index (χ0) is 16.3. The molecule has 1 heterocycles. The van der Waals surface area contributed by atoms with Crippen LogP contribution in [0.5, 0.6) is 0 Å². The fraction of sp³-hybridized carbons (Fsp3) is 0.429. The van der Waals surface area contributed by atoms with Gasteiger partial charge in [-0.05, 0) is 24.6 Å². The minimum atomic E-state index is -3.65. The van der Waals surface area contributed by atoms with Crippen LogP contribution in [0.2, 0.25) is 0 Å². The van der Waals surface area contributed by atoms with E-state index in [1.165, 1.54) is 7.11 Å². The van der Waals surface area contributed by atoms with Crippen molar-refractivity contribution in [1.29, 1.82) is 0 Å². The Hall–Kier alpha value is -2.09. The van der Waals surface area contributed by atoms with Gasteiger partial charge in [-0.25, -0.2) is 8.42 Å². The molecule has 0 atom stereocenters. The topological polar surface area (TPSA) is 84.0 Å². The zero-order valence-electron chi connectivity index (χ0n) is 12.5. The van der Waals surface area contributed by atoms with Gasteiger partial charge in [-0.1, -0.05) is 6.07 Å². The molecule has 8 heteroatoms. The van der Waals surface area contributed by atoms with E-state index in [4.69, 9.17) is 0 Å². The van der Waals surface area contributed by atoms with Crippen LogP contribution in [0.25, 0.3) is 0 Å². The number of carbonyl (C=O) groups excluding carboxylic acids is 2. The van der Waals surface area contributed by atoms with Crippen LogP contribution < -0.4 is 9.21 Å². The van der Waals surface area contributed by atoms with E-state index in [0.717, 1.165) is 17.0 Å². The van der Waals surface area contributed by atoms with E-state index in [9.17, 15) is 18.0 Å². The summed E-state index contributed by atoms with van der Waals surface area (Å²) in [5, 5.41) is 0. The van der Waals surface area contributed by atoms with E-state index < -0.39 is 22.5 Å². The van der Waals surface area contributed by atoms with E-state index >= 15 is 0 Å². The molecule has 1 aliphatic heterocycles. The summed E-state index contributed by atoms with van der Waals surface area (Å²) in [7, 11) is -2.45. The highest BCUT2D eigenvalue weighted by molar-refractivity contribution is 7.92. The van der Waals surface area contributed by atoms with Gasteiger partial charge in [0.1, 0.15) is 6.54 Å². The van der Waals surface area contributed by atoms with Gasteiger partial charge in [-0.2, -0.15) is 0 Å². The van der Waals surface area contributed by atoms with Crippen molar-refractivity contribution in [1.82, 2.24) is 0 Å². The molecule has 0 bridgehead atoms. The average molecular weight is 326 g/mol. The van der Waals surface area contributed by atoms with Crippen molar-refractivity contribution in [3.05, 3.63) is 24.3 Å². The quantitative estimate of drug-likeness (QED) is 0.746. The van der Waals surface area contributed by atoms with Crippen molar-refractivity contribution in [2.45, 2.75) is 12.8 Å². The summed E-state index contributed by atoms with van der Waals surface area (Å²) in [6.45, 7) is 0.199. The van der Waals surface area contributed by atoms with Crippen LogP contribution in [0.1, 0.15) is 12.8 Å². The minimum Gasteiger partial charge on any atom is -0.468 e. The maximum absolute atomic E-state index is 11.9. The summed E-state index contributed by atoms with van der Waals surface area (Å²) in [6, 6.07) is 6.57. The van der Waals surface area contributed by atoms with Crippen molar-refractivity contribution >= 4 is 33.3 Å². The number of hydrogen-bond donors (Lipinski definition) is 0. The molecule has 22 heavy (non-hydrogen) atoms. The number of nitrogens with zero attached hydrogens (tertiary/aromatic N) is 2. The molecule has 0 saturated carbocycles. The number of anilines is 2. The van der Waals surface area contributed by atoms with E-state index in [2.05, 4.69) is 4.74 Å². The van der Waals surface area contributed by atoms with E-state index in [1.807, 2.05) is 0 Å². The van der Waals surface area contributed by atoms with Crippen molar-refractivity contribution < 1.29 is 22.7 Å². The number of sulfonamides is 1. The Morgan fingerprint density at radius 2 is 2.14 bits per heavy atom. The first-order chi connectivity index (χ1) is 10.3. The first kappa shape index (κ1) is 16.3. The summed E-state index contributed by atoms with van der Waals surface area (Å²) >= 11 is 0. The average Bonchev–Trinajstić information content (AvgIpc) is 2.89. The number of hydrogen-bond acceptors (Lipinski definition) is 5. The van der Waals surface area contributed by atoms with Crippen LogP contribution in [-0.2, 0) is 24.3 Å². The fourth-order valence-corrected chi connectivity index (χ4v) is 3.16. The molecule has 120 valence electrons. The molecule has 0 N–H and O–H groups in total. The standard InChI is InChI=1S/C14H18N2O5S/c1-21-14(18)10-16(22(2,19)20)12-6-3-5-11(9-12)15-8-4-7-13(15)17/h3,5-6,9H,4,7-8,10H2,1-2H3. The van der Waals surface area contributed by atoms with Crippen molar-refractivity contribution in [3.8, 4) is 0 Å². The van der Waals surface area contributed by atoms with Crippen molar-refractivity contribution in [2.24, 2.45) is 0 Å². The number of rotatable bonds is 5. The summed E-state index contributed by atoms with van der Waals surface area (Å²) in [4.78, 5) is 24.9. The van der Waals surface area contributed by atoms with Gasteiger partial charge in [0.15, 0.2) is 0 Å². The first-order valence-electron chi connectivity index (χ1n) is 6.78. The highest BCUT2D eigenvalue weighted by Crippen LogP contribution is 2.27. The molecule has 1 fully saturated rings. The van der Waals surface area contributed by atoms with Crippen LogP contribution in [0, 0.1) is 0 Å². The lowest BCUT2D eigenvalue weighted by molar-refractivity contribution is -0.138. The second kappa shape index (κ2) is 6.35. The number of benzene rings is 1. The third kappa shape index (κ3) is 3.56. The van der Waals surface area contributed by atoms with Gasteiger partial charge >= 0.3 is 5.97 Å². The molecule has 1 aromatic carbocycles. The smallest absolute Gasteiger partial charge is 0.326 e. The Morgan fingerprint density at radius 1 is 1.41 bits per heavy atom. The summed E-state index contributed by atoms with van der Waals surface area (Å²) in [5.74, 6) is -0.649. The predicted octanol–water partition coefficient (Wildman–Crippen LogP) is 0.752. The largest absolute Gasteiger partial charge is 0.468 e. The number of methoxy groups -OCH3 is 1. The third-order valence-electron chi connectivity index (χ3n) is 3.40. The molecule has 1 aromatic rings. The number of amides is 1. The predicted molar refractivity (Wildman–Crippen MR) is 82.2 cm³/mol. The molecule has 1 saturated heterocycles. The Labute approximate surface area is 129 Å². The lowest BCUT2D eigenvalue weighted by Crippen LogP contribution is -2.35. The SMILES string of the molecule is COC(=O)CN(c1cccc(N2CCCC2=O)c1)S(C)(=O)=O. The van der Waals surface area contributed by atoms with Gasteiger partial charge in [0, 0.05) is 18.7 Å². The number of esters is 1. The summed E-state index contributed by atoms with van der Waals surface area (Å²) in [6.07, 6.45) is 2.28. The molecule has 1 aliphatic rings. The lowest BCUT2D eigenvalue weighted by Gasteiger charge is -2.23. The molecule has 0 aliphatic carbocycles. The highest BCUT2D eigenvalue weighted by atomic mass is 32.2. The van der Waals surface area contributed by atoms with Crippen LogP contribution in [0.15, 0.2) is 24.3 Å². The first-order valence-corrected chi connectivity index (χ1v) is 8.62. The zero-order valence-corrected chi connectivity index (χ0v) is 13.3. The third-order valence-corrected chi connectivity index (χ3v) is 4.54. The Balaban J connectivity index is 2.36. The van der Waals surface area contributed by atoms with E-state index in [0.29, 0.717) is 24.3 Å². The number of carbonyl (C=O) groups is 2. The van der Waals surface area contributed by atoms with Gasteiger partial charge in [-0.3, -0.25) is 13.9 Å². The number of ether oxygens (including phenoxy) is 1. The Morgan fingerprint density at radius 3 is 2.68 bits per heavy atom. The van der Waals surface area contributed by atoms with Crippen LogP contribution in [0.4, 0.5) is 11.4 Å². The summed E-state index contributed by atoms with van der Waals surface area (Å²) in [5.41, 5.74) is 0.948. The van der Waals surface area contributed by atoms with E-state index in [-0.39, 0.29) is 5.91 Å². The van der Waals surface area contributed by atoms with Crippen LogP contribution >= 0.6 is 0 Å². The van der Waals surface area contributed by atoms with Gasteiger partial charge in [-0.15, -0.1) is 0 Å². The fourth-order valence-electron chi connectivity index (χ4n) is 2.32. The molecule has 1 amide bonds. The molecule has 0 spiro atoms. The maximum Gasteiger partial charge on any atom is 0.326 e. The molecular formula is C14H18N2O5S. The van der Waals surface area contributed by atoms with Crippen molar-refractivity contribution in [2.75, 3.05) is 35.7 Å². The van der Waals surface area contributed by atoms with Gasteiger partial charge in [0.05, 0.1) is 19.1 Å².